The number of halogens is 1. The third kappa shape index (κ3) is 4.13. The minimum atomic E-state index is -0.852. The summed E-state index contributed by atoms with van der Waals surface area (Å²) in [7, 11) is 0. The van der Waals surface area contributed by atoms with Gasteiger partial charge in [0.2, 0.25) is 0 Å². The normalized spacial score (nSPS) is 11.3. The molecule has 6 heteroatoms. The SMILES string of the molecule is CC(C)N(CC(=O)O)Cc1cnn(-c2ccc(F)cc2)c1. The Morgan fingerprint density at radius 3 is 2.62 bits per heavy atom. The standard InChI is InChI=1S/C15H18FN3O2/c1-11(2)18(10-15(20)21)8-12-7-17-19(9-12)14-5-3-13(16)4-6-14/h3-7,9,11H,8,10H2,1-2H3,(H,20,21). The van der Waals surface area contributed by atoms with Gasteiger partial charge in [-0.05, 0) is 38.1 Å². The molecule has 0 amide bonds. The first-order valence-electron chi connectivity index (χ1n) is 6.71. The van der Waals surface area contributed by atoms with E-state index in [1.54, 1.807) is 23.0 Å². The molecule has 1 heterocycles. The van der Waals surface area contributed by atoms with Gasteiger partial charge in [0, 0.05) is 24.3 Å². The summed E-state index contributed by atoms with van der Waals surface area (Å²) in [6.45, 7) is 4.39. The van der Waals surface area contributed by atoms with Crippen molar-refractivity contribution < 1.29 is 14.3 Å². The number of aliphatic carboxylic acids is 1. The van der Waals surface area contributed by atoms with Gasteiger partial charge < -0.3 is 5.11 Å². The summed E-state index contributed by atoms with van der Waals surface area (Å²) in [5.74, 6) is -1.15. The van der Waals surface area contributed by atoms with Gasteiger partial charge in [-0.15, -0.1) is 0 Å². The second-order valence-corrected chi connectivity index (χ2v) is 5.16. The van der Waals surface area contributed by atoms with E-state index in [0.717, 1.165) is 11.3 Å². The zero-order chi connectivity index (χ0) is 15.4. The highest BCUT2D eigenvalue weighted by atomic mass is 19.1. The second kappa shape index (κ2) is 6.49. The zero-order valence-corrected chi connectivity index (χ0v) is 12.0. The van der Waals surface area contributed by atoms with Crippen molar-refractivity contribution in [1.29, 1.82) is 0 Å². The number of carbonyl (C=O) groups is 1. The number of aromatic nitrogens is 2. The summed E-state index contributed by atoms with van der Waals surface area (Å²) in [6.07, 6.45) is 3.52. The number of benzene rings is 1. The van der Waals surface area contributed by atoms with Gasteiger partial charge in [0.25, 0.3) is 0 Å². The molecule has 0 atom stereocenters. The third-order valence-electron chi connectivity index (χ3n) is 3.18. The Balaban J connectivity index is 2.11. The highest BCUT2D eigenvalue weighted by molar-refractivity contribution is 5.69. The van der Waals surface area contributed by atoms with Gasteiger partial charge in [0.15, 0.2) is 0 Å². The minimum Gasteiger partial charge on any atom is -0.480 e. The van der Waals surface area contributed by atoms with Crippen molar-refractivity contribution >= 4 is 5.97 Å². The van der Waals surface area contributed by atoms with Gasteiger partial charge >= 0.3 is 5.97 Å². The molecule has 112 valence electrons. The number of carboxylic acid groups (broad SMARTS) is 1. The van der Waals surface area contributed by atoms with Gasteiger partial charge in [-0.1, -0.05) is 0 Å². The first-order chi connectivity index (χ1) is 9.95. The van der Waals surface area contributed by atoms with Crippen LogP contribution in [0.3, 0.4) is 0 Å². The average molecular weight is 291 g/mol. The first-order valence-corrected chi connectivity index (χ1v) is 6.71. The van der Waals surface area contributed by atoms with Gasteiger partial charge in [0.05, 0.1) is 18.4 Å². The maximum atomic E-state index is 12.9. The lowest BCUT2D eigenvalue weighted by Gasteiger charge is -2.23. The Labute approximate surface area is 122 Å². The summed E-state index contributed by atoms with van der Waals surface area (Å²) in [4.78, 5) is 12.7. The van der Waals surface area contributed by atoms with Gasteiger partial charge in [-0.25, -0.2) is 9.07 Å². The van der Waals surface area contributed by atoms with Crippen molar-refractivity contribution in [2.45, 2.75) is 26.4 Å². The van der Waals surface area contributed by atoms with Gasteiger partial charge in [-0.2, -0.15) is 5.10 Å². The van der Waals surface area contributed by atoms with Crippen LogP contribution in [0.4, 0.5) is 4.39 Å². The highest BCUT2D eigenvalue weighted by Gasteiger charge is 2.14. The van der Waals surface area contributed by atoms with E-state index in [1.165, 1.54) is 12.1 Å². The van der Waals surface area contributed by atoms with Crippen molar-refractivity contribution in [2.75, 3.05) is 6.54 Å². The predicted molar refractivity (Wildman–Crippen MR) is 76.7 cm³/mol. The van der Waals surface area contributed by atoms with Crippen LogP contribution in [0.15, 0.2) is 36.7 Å². The van der Waals surface area contributed by atoms with Crippen molar-refractivity contribution in [3.8, 4) is 5.69 Å². The molecule has 2 aromatic rings. The predicted octanol–water partition coefficient (Wildman–Crippen LogP) is 2.31. The molecule has 0 aliphatic heterocycles. The zero-order valence-electron chi connectivity index (χ0n) is 12.0. The first kappa shape index (κ1) is 15.2. The minimum absolute atomic E-state index is 0.0145. The van der Waals surface area contributed by atoms with Crippen molar-refractivity contribution in [2.24, 2.45) is 0 Å². The number of rotatable bonds is 6. The maximum Gasteiger partial charge on any atom is 0.317 e. The molecule has 0 saturated carbocycles. The van der Waals surface area contributed by atoms with Gasteiger partial charge in [-0.3, -0.25) is 9.69 Å². The Kier molecular flexibility index (Phi) is 4.70. The fraction of sp³-hybridized carbons (Fsp3) is 0.333. The Morgan fingerprint density at radius 2 is 2.05 bits per heavy atom. The smallest absolute Gasteiger partial charge is 0.317 e. The summed E-state index contributed by atoms with van der Waals surface area (Å²) in [6, 6.07) is 6.16. The van der Waals surface area contributed by atoms with Crippen LogP contribution in [0.5, 0.6) is 0 Å². The lowest BCUT2D eigenvalue weighted by Crippen LogP contribution is -2.34. The molecule has 0 radical (unpaired) electrons. The Bertz CT molecular complexity index is 608. The van der Waals surface area contributed by atoms with E-state index in [2.05, 4.69) is 5.10 Å². The van der Waals surface area contributed by atoms with Crippen molar-refractivity contribution in [3.05, 3.63) is 48.0 Å². The summed E-state index contributed by atoms with van der Waals surface area (Å²) in [5, 5.41) is 13.1. The highest BCUT2D eigenvalue weighted by Crippen LogP contribution is 2.12. The molecule has 1 aromatic carbocycles. The molecule has 0 spiro atoms. The Hall–Kier alpha value is -2.21. The van der Waals surface area contributed by atoms with E-state index >= 15 is 0 Å². The topological polar surface area (TPSA) is 58.4 Å². The average Bonchev–Trinajstić information content (AvgIpc) is 2.87. The van der Waals surface area contributed by atoms with E-state index in [9.17, 15) is 9.18 Å². The Morgan fingerprint density at radius 1 is 1.38 bits per heavy atom. The molecule has 21 heavy (non-hydrogen) atoms. The van der Waals surface area contributed by atoms with E-state index in [-0.39, 0.29) is 18.4 Å². The lowest BCUT2D eigenvalue weighted by molar-refractivity contribution is -0.138. The van der Waals surface area contributed by atoms with Crippen LogP contribution in [0, 0.1) is 5.82 Å². The second-order valence-electron chi connectivity index (χ2n) is 5.16. The molecule has 5 nitrogen and oxygen atoms in total. The lowest BCUT2D eigenvalue weighted by atomic mass is 10.2. The monoisotopic (exact) mass is 291 g/mol. The fourth-order valence-electron chi connectivity index (χ4n) is 2.01. The molecule has 0 bridgehead atoms. The largest absolute Gasteiger partial charge is 0.480 e. The number of carboxylic acids is 1. The van der Waals surface area contributed by atoms with Crippen LogP contribution in [-0.4, -0.2) is 38.3 Å². The van der Waals surface area contributed by atoms with Crippen LogP contribution < -0.4 is 0 Å². The molecule has 1 aromatic heterocycles. The number of nitrogens with zero attached hydrogens (tertiary/aromatic N) is 3. The molecular formula is C15H18FN3O2. The molecular weight excluding hydrogens is 273 g/mol. The number of hydrogen-bond acceptors (Lipinski definition) is 3. The molecule has 0 saturated heterocycles. The van der Waals surface area contributed by atoms with Crippen LogP contribution in [0.25, 0.3) is 5.69 Å². The van der Waals surface area contributed by atoms with Gasteiger partial charge in [0.1, 0.15) is 5.82 Å². The summed E-state index contributed by atoms with van der Waals surface area (Å²) >= 11 is 0. The van der Waals surface area contributed by atoms with E-state index in [0.29, 0.717) is 6.54 Å². The van der Waals surface area contributed by atoms with Crippen LogP contribution in [-0.2, 0) is 11.3 Å². The molecule has 0 aliphatic carbocycles. The summed E-state index contributed by atoms with van der Waals surface area (Å²) < 4.78 is 14.5. The number of hydrogen-bond donors (Lipinski definition) is 1. The van der Waals surface area contributed by atoms with E-state index < -0.39 is 5.97 Å². The van der Waals surface area contributed by atoms with E-state index in [1.807, 2.05) is 24.9 Å². The molecule has 2 rings (SSSR count). The molecule has 0 unspecified atom stereocenters. The quantitative estimate of drug-likeness (QED) is 0.887. The molecule has 1 N–H and O–H groups in total. The summed E-state index contributed by atoms with van der Waals surface area (Å²) in [5.41, 5.74) is 1.67. The van der Waals surface area contributed by atoms with E-state index in [4.69, 9.17) is 5.11 Å². The van der Waals surface area contributed by atoms with Crippen LogP contribution >= 0.6 is 0 Å². The maximum absolute atomic E-state index is 12.9. The third-order valence-corrected chi connectivity index (χ3v) is 3.18. The van der Waals surface area contributed by atoms with Crippen LogP contribution in [0.2, 0.25) is 0 Å². The molecule has 0 fully saturated rings. The molecule has 0 aliphatic rings. The van der Waals surface area contributed by atoms with Crippen LogP contribution in [0.1, 0.15) is 19.4 Å². The fourth-order valence-corrected chi connectivity index (χ4v) is 2.01. The van der Waals surface area contributed by atoms with Crippen molar-refractivity contribution in [1.82, 2.24) is 14.7 Å². The van der Waals surface area contributed by atoms with Crippen molar-refractivity contribution in [3.63, 3.8) is 0 Å².